The molecular weight excluding hydrogens is 383 g/mol. The van der Waals surface area contributed by atoms with Crippen molar-refractivity contribution < 1.29 is 31.1 Å². The summed E-state index contributed by atoms with van der Waals surface area (Å²) in [5.74, 6) is 0.631. The molecule has 2 aromatic rings. The largest absolute Gasteiger partial charge is 0.493 e. The number of halogens is 4. The van der Waals surface area contributed by atoms with E-state index in [-0.39, 0.29) is 11.4 Å². The molecule has 0 saturated heterocycles. The summed E-state index contributed by atoms with van der Waals surface area (Å²) in [6.07, 6.45) is -4.77. The minimum Gasteiger partial charge on any atom is -0.493 e. The highest BCUT2D eigenvalue weighted by molar-refractivity contribution is 7.92. The van der Waals surface area contributed by atoms with Gasteiger partial charge in [0.25, 0.3) is 10.0 Å². The molecule has 10 heteroatoms. The van der Waals surface area contributed by atoms with Gasteiger partial charge in [0.15, 0.2) is 11.5 Å². The number of rotatable bonds is 5. The van der Waals surface area contributed by atoms with Crippen molar-refractivity contribution in [3.05, 3.63) is 47.0 Å². The number of anilines is 1. The average molecular weight is 396 g/mol. The average Bonchev–Trinajstić information content (AvgIpc) is 2.53. The van der Waals surface area contributed by atoms with Gasteiger partial charge in [-0.05, 0) is 30.3 Å². The number of benzene rings is 2. The van der Waals surface area contributed by atoms with Crippen LogP contribution < -0.4 is 14.2 Å². The molecule has 0 radical (unpaired) electrons. The Hall–Kier alpha value is -2.13. The van der Waals surface area contributed by atoms with Gasteiger partial charge in [0.2, 0.25) is 0 Å². The zero-order valence-corrected chi connectivity index (χ0v) is 14.6. The summed E-state index contributed by atoms with van der Waals surface area (Å²) in [5, 5.41) is -0.586. The molecule has 0 aliphatic heterocycles. The molecule has 1 N–H and O–H groups in total. The third-order valence-electron chi connectivity index (χ3n) is 3.19. The number of sulfonamides is 1. The van der Waals surface area contributed by atoms with Crippen molar-refractivity contribution in [2.24, 2.45) is 0 Å². The van der Waals surface area contributed by atoms with Gasteiger partial charge in [-0.25, -0.2) is 8.42 Å². The van der Waals surface area contributed by atoms with Crippen LogP contribution in [0.2, 0.25) is 5.02 Å². The van der Waals surface area contributed by atoms with Crippen molar-refractivity contribution in [2.75, 3.05) is 18.9 Å². The molecule has 0 saturated carbocycles. The van der Waals surface area contributed by atoms with E-state index >= 15 is 0 Å². The van der Waals surface area contributed by atoms with Crippen LogP contribution in [0.15, 0.2) is 41.3 Å². The molecular formula is C15H13ClF3NO4S. The Morgan fingerprint density at radius 2 is 1.64 bits per heavy atom. The van der Waals surface area contributed by atoms with Gasteiger partial charge in [-0.15, -0.1) is 0 Å². The highest BCUT2D eigenvalue weighted by atomic mass is 35.5. The highest BCUT2D eigenvalue weighted by Crippen LogP contribution is 2.36. The van der Waals surface area contributed by atoms with E-state index in [2.05, 4.69) is 4.72 Å². The van der Waals surface area contributed by atoms with Crippen molar-refractivity contribution in [3.8, 4) is 11.5 Å². The maximum atomic E-state index is 12.9. The van der Waals surface area contributed by atoms with Crippen molar-refractivity contribution >= 4 is 27.3 Å². The fourth-order valence-corrected chi connectivity index (χ4v) is 3.30. The Bertz CT molecular complexity index is 885. The second-order valence-electron chi connectivity index (χ2n) is 4.81. The van der Waals surface area contributed by atoms with Crippen LogP contribution in [-0.2, 0) is 16.2 Å². The molecule has 5 nitrogen and oxygen atoms in total. The van der Waals surface area contributed by atoms with Crippen molar-refractivity contribution in [3.63, 3.8) is 0 Å². The maximum absolute atomic E-state index is 12.9. The van der Waals surface area contributed by atoms with Gasteiger partial charge >= 0.3 is 6.18 Å². The SMILES string of the molecule is COc1ccc(NS(=O)(=O)c2ccc(Cl)c(C(F)(F)F)c2)cc1OC. The second kappa shape index (κ2) is 7.01. The number of hydrogen-bond donors (Lipinski definition) is 1. The zero-order valence-electron chi connectivity index (χ0n) is 13.0. The number of methoxy groups -OCH3 is 2. The second-order valence-corrected chi connectivity index (χ2v) is 6.90. The molecule has 0 unspecified atom stereocenters. The van der Waals surface area contributed by atoms with Crippen molar-refractivity contribution in [1.82, 2.24) is 0 Å². The number of nitrogens with one attached hydrogen (secondary N) is 1. The summed E-state index contributed by atoms with van der Waals surface area (Å²) < 4.78 is 75.7. The molecule has 0 atom stereocenters. The Kier molecular flexibility index (Phi) is 5.38. The van der Waals surface area contributed by atoms with Crippen LogP contribution in [0.4, 0.5) is 18.9 Å². The molecule has 0 fully saturated rings. The van der Waals surface area contributed by atoms with E-state index in [0.29, 0.717) is 11.8 Å². The summed E-state index contributed by atoms with van der Waals surface area (Å²) >= 11 is 5.50. The molecule has 0 bridgehead atoms. The van der Waals surface area contributed by atoms with E-state index < -0.39 is 31.7 Å². The van der Waals surface area contributed by atoms with E-state index in [1.54, 1.807) is 0 Å². The first-order chi connectivity index (χ1) is 11.6. The fraction of sp³-hybridized carbons (Fsp3) is 0.200. The molecule has 0 spiro atoms. The summed E-state index contributed by atoms with van der Waals surface area (Å²) in [6, 6.07) is 6.54. The smallest absolute Gasteiger partial charge is 0.417 e. The predicted molar refractivity (Wildman–Crippen MR) is 86.8 cm³/mol. The van der Waals surface area contributed by atoms with Gasteiger partial charge in [0.05, 0.1) is 35.4 Å². The van der Waals surface area contributed by atoms with Crippen LogP contribution >= 0.6 is 11.6 Å². The van der Waals surface area contributed by atoms with Crippen molar-refractivity contribution in [1.29, 1.82) is 0 Å². The Labute approximate surface area is 147 Å². The summed E-state index contributed by atoms with van der Waals surface area (Å²) in [6.45, 7) is 0. The lowest BCUT2D eigenvalue weighted by Gasteiger charge is -2.14. The number of ether oxygens (including phenoxy) is 2. The molecule has 0 aliphatic carbocycles. The van der Waals surface area contributed by atoms with Gasteiger partial charge in [0, 0.05) is 6.07 Å². The van der Waals surface area contributed by atoms with E-state index in [0.717, 1.165) is 12.1 Å². The minimum atomic E-state index is -4.77. The van der Waals surface area contributed by atoms with Gasteiger partial charge in [-0.2, -0.15) is 13.2 Å². The van der Waals surface area contributed by atoms with Crippen LogP contribution in [0.3, 0.4) is 0 Å². The van der Waals surface area contributed by atoms with Crippen LogP contribution in [0.25, 0.3) is 0 Å². The molecule has 0 heterocycles. The quantitative estimate of drug-likeness (QED) is 0.825. The summed E-state index contributed by atoms with van der Waals surface area (Å²) in [7, 11) is -1.49. The lowest BCUT2D eigenvalue weighted by atomic mass is 10.2. The topological polar surface area (TPSA) is 64.6 Å². The van der Waals surface area contributed by atoms with Gasteiger partial charge in [-0.1, -0.05) is 11.6 Å². The summed E-state index contributed by atoms with van der Waals surface area (Å²) in [5.41, 5.74) is -1.13. The first-order valence-corrected chi connectivity index (χ1v) is 8.56. The molecule has 25 heavy (non-hydrogen) atoms. The number of hydrogen-bond acceptors (Lipinski definition) is 4. The summed E-state index contributed by atoms with van der Waals surface area (Å²) in [4.78, 5) is -0.570. The number of alkyl halides is 3. The molecule has 2 aromatic carbocycles. The van der Waals surface area contributed by atoms with E-state index in [4.69, 9.17) is 21.1 Å². The van der Waals surface area contributed by atoms with Gasteiger partial charge in [0.1, 0.15) is 0 Å². The standard InChI is InChI=1S/C15H13ClF3NO4S/c1-23-13-6-3-9(7-14(13)24-2)20-25(21,22)10-4-5-12(16)11(8-10)15(17,18)19/h3-8,20H,1-2H3. The van der Waals surface area contributed by atoms with Crippen molar-refractivity contribution in [2.45, 2.75) is 11.1 Å². The lowest BCUT2D eigenvalue weighted by molar-refractivity contribution is -0.137. The van der Waals surface area contributed by atoms with E-state index in [9.17, 15) is 21.6 Å². The zero-order chi connectivity index (χ0) is 18.8. The lowest BCUT2D eigenvalue weighted by Crippen LogP contribution is -2.15. The third kappa shape index (κ3) is 4.29. The first-order valence-electron chi connectivity index (χ1n) is 6.70. The van der Waals surface area contributed by atoms with Gasteiger partial charge < -0.3 is 9.47 Å². The Morgan fingerprint density at radius 1 is 1.00 bits per heavy atom. The third-order valence-corrected chi connectivity index (χ3v) is 4.90. The maximum Gasteiger partial charge on any atom is 0.417 e. The normalized spacial score (nSPS) is 11.9. The Balaban J connectivity index is 2.40. The molecule has 0 amide bonds. The van der Waals surface area contributed by atoms with E-state index in [1.165, 1.54) is 32.4 Å². The first kappa shape index (κ1) is 19.2. The van der Waals surface area contributed by atoms with Crippen LogP contribution in [0, 0.1) is 0 Å². The predicted octanol–water partition coefficient (Wildman–Crippen LogP) is 4.18. The highest BCUT2D eigenvalue weighted by Gasteiger charge is 2.34. The Morgan fingerprint density at radius 3 is 2.20 bits per heavy atom. The monoisotopic (exact) mass is 395 g/mol. The van der Waals surface area contributed by atoms with Crippen LogP contribution in [0.5, 0.6) is 11.5 Å². The van der Waals surface area contributed by atoms with Gasteiger partial charge in [-0.3, -0.25) is 4.72 Å². The van der Waals surface area contributed by atoms with Crippen LogP contribution in [0.1, 0.15) is 5.56 Å². The molecule has 0 aliphatic rings. The van der Waals surface area contributed by atoms with E-state index in [1.807, 2.05) is 0 Å². The molecule has 136 valence electrons. The molecule has 0 aromatic heterocycles. The molecule has 2 rings (SSSR count). The fourth-order valence-electron chi connectivity index (χ4n) is 2.00. The van der Waals surface area contributed by atoms with Crippen LogP contribution in [-0.4, -0.2) is 22.6 Å². The minimum absolute atomic E-state index is 0.0983.